The molecule has 3 aromatic rings. The Bertz CT molecular complexity index is 3130. The van der Waals surface area contributed by atoms with Gasteiger partial charge in [0.05, 0.1) is 19.8 Å². The van der Waals surface area contributed by atoms with Gasteiger partial charge in [-0.25, -0.2) is 24.6 Å². The highest BCUT2D eigenvalue weighted by atomic mass is 28.4. The molecule has 1 aromatic heterocycles. The first-order valence-electron chi connectivity index (χ1n) is 31.5. The van der Waals surface area contributed by atoms with Crippen LogP contribution < -0.4 is 53.7 Å². The van der Waals surface area contributed by atoms with Crippen LogP contribution in [0.25, 0.3) is 0 Å². The van der Waals surface area contributed by atoms with Gasteiger partial charge in [0.15, 0.2) is 22.9 Å². The first kappa shape index (κ1) is 78.4. The summed E-state index contributed by atoms with van der Waals surface area (Å²) in [5.74, 6) is -4.26. The average Bonchev–Trinajstić information content (AvgIpc) is 1.62. The number of amides is 4. The molecule has 1 aliphatic rings. The number of benzene rings is 2. The van der Waals surface area contributed by atoms with Gasteiger partial charge in [-0.3, -0.25) is 28.3 Å². The van der Waals surface area contributed by atoms with Crippen molar-refractivity contribution in [2.24, 2.45) is 22.6 Å². The van der Waals surface area contributed by atoms with Crippen molar-refractivity contribution in [3.8, 4) is 5.75 Å². The zero-order valence-electron chi connectivity index (χ0n) is 57.4. The molecule has 0 aliphatic carbocycles. The number of methoxy groups -OCH3 is 1. The van der Waals surface area contributed by atoms with Gasteiger partial charge >= 0.3 is 28.7 Å². The van der Waals surface area contributed by atoms with E-state index in [1.807, 2.05) is 58.5 Å². The first-order chi connectivity index (χ1) is 43.1. The van der Waals surface area contributed by atoms with E-state index in [0.29, 0.717) is 16.9 Å². The minimum Gasteiger partial charge on any atom is -0.497 e. The lowest BCUT2D eigenvalue weighted by Crippen LogP contribution is -2.60. The van der Waals surface area contributed by atoms with Crippen molar-refractivity contribution in [1.29, 1.82) is 0 Å². The Hall–Kier alpha value is -7.07. The number of ether oxygens (including phenoxy) is 4. The molecule has 11 N–H and O–H groups in total. The van der Waals surface area contributed by atoms with Crippen LogP contribution in [0, 0.1) is 16.7 Å². The average molecular weight is 1340 g/mol. The lowest BCUT2D eigenvalue weighted by atomic mass is 9.98. The molecule has 520 valence electrons. The topological polar surface area (TPSA) is 376 Å². The van der Waals surface area contributed by atoms with Crippen LogP contribution >= 0.6 is 0 Å². The van der Waals surface area contributed by atoms with Gasteiger partial charge in [-0.2, -0.15) is 0 Å². The number of hydrogen-bond acceptors (Lipinski definition) is 18. The summed E-state index contributed by atoms with van der Waals surface area (Å²) in [6.45, 7) is 31.6. The van der Waals surface area contributed by atoms with Crippen molar-refractivity contribution in [1.82, 2.24) is 41.1 Å². The van der Waals surface area contributed by atoms with E-state index in [-0.39, 0.29) is 52.0 Å². The van der Waals surface area contributed by atoms with Crippen LogP contribution in [0.2, 0.25) is 36.3 Å². The second kappa shape index (κ2) is 33.9. The summed E-state index contributed by atoms with van der Waals surface area (Å²) < 4.78 is 40.5. The summed E-state index contributed by atoms with van der Waals surface area (Å²) in [6.07, 6.45) is -6.84. The number of hydrogen-bond donors (Lipinski definition) is 10. The fourth-order valence-corrected chi connectivity index (χ4v) is 11.9. The van der Waals surface area contributed by atoms with Gasteiger partial charge in [0, 0.05) is 25.4 Å². The fourth-order valence-electron chi connectivity index (χ4n) is 9.31. The molecule has 10 unspecified atom stereocenters. The molecule has 0 bridgehead atoms. The minimum atomic E-state index is -2.88. The number of esters is 2. The maximum Gasteiger partial charge on any atom is 0.362 e. The molecule has 0 saturated carbocycles. The van der Waals surface area contributed by atoms with E-state index in [1.165, 1.54) is 23.9 Å². The van der Waals surface area contributed by atoms with E-state index in [1.54, 1.807) is 97.0 Å². The molecule has 4 rings (SSSR count). The number of nitrogens with one attached hydrogen (secondary N) is 6. The number of nitrogens with zero attached hydrogens (tertiary/aromatic N) is 4. The van der Waals surface area contributed by atoms with Crippen LogP contribution in [0.5, 0.6) is 5.75 Å². The number of aromatic nitrogens is 2. The Labute approximate surface area is 547 Å². The van der Waals surface area contributed by atoms with Gasteiger partial charge in [0.25, 0.3) is 11.5 Å². The van der Waals surface area contributed by atoms with Gasteiger partial charge < -0.3 is 70.3 Å². The maximum absolute atomic E-state index is 14.8. The molecule has 1 fully saturated rings. The maximum atomic E-state index is 14.8. The zero-order valence-corrected chi connectivity index (χ0v) is 59.4. The number of hydrazine groups is 1. The number of carbonyl (C=O) groups excluding carboxylic acids is 5. The Morgan fingerprint density at radius 2 is 1.34 bits per heavy atom. The standard InChI is InChI=1S/C63H103N11O17Si2/c1-38(2)45(56(80)87-37-41-24-20-19-21-25-41)70-59(82)68-43(26-22-32-67-58(64)71-74(84)85)53(78)69-46(48(76)39(3)4)54(79)66-34-23-33-65-47(57(81)89-61(5,6)7)49(77)50-51(90-92(15,16)62(8,9)10)52(91-93(17,18)63(11,12)13)55(88-50)72-35-31-44(75)73(60(72)83)36-40-27-29-42(86-14)30-28-40/h19-21,24-25,27-31,35,38-39,43,45-52,55,65,76-77H,22-23,26,32-34,36-37H2,1-18H3,(H7-,64,66,67,68,69,70,71,78,79,82,84,85)/p+1. The van der Waals surface area contributed by atoms with E-state index >= 15 is 0 Å². The van der Waals surface area contributed by atoms with E-state index in [4.69, 9.17) is 38.7 Å². The Kier molecular flexibility index (Phi) is 28.5. The zero-order chi connectivity index (χ0) is 70.1. The molecule has 28 nitrogen and oxygen atoms in total. The van der Waals surface area contributed by atoms with E-state index in [9.17, 15) is 48.7 Å². The highest BCUT2D eigenvalue weighted by molar-refractivity contribution is 6.74. The third-order valence-corrected chi connectivity index (χ3v) is 25.7. The second-order valence-corrected chi connectivity index (χ2v) is 37.6. The molecule has 0 radical (unpaired) electrons. The molecule has 2 aromatic carbocycles. The number of aliphatic hydroxyl groups excluding tert-OH is 2. The third kappa shape index (κ3) is 23.1. The van der Waals surface area contributed by atoms with Gasteiger partial charge in [-0.05, 0) is 123 Å². The molecule has 10 atom stereocenters. The highest BCUT2D eigenvalue weighted by Crippen LogP contribution is 2.46. The van der Waals surface area contributed by atoms with Crippen LogP contribution in [0.15, 0.2) is 81.4 Å². The SMILES string of the molecule is COc1ccc(Cn2c(=O)ccn(C3OC(C(O)C(NCCCNC(=O)C(NC(=O)C(CCCN=C(N)N[N+](=O)O)NC(=O)NC(C(=O)OCc4ccccc4)C(C)C)C(O)C(C)C)C(=O)OC(C)(C)C)C(O[Si](C)(C)C(C)(C)C)C3O[Si](C)(C)C(C)(C)C)c2=O)cc1. The van der Waals surface area contributed by atoms with E-state index < -0.39 is 157 Å². The van der Waals surface area contributed by atoms with Crippen LogP contribution in [0.1, 0.15) is 127 Å². The summed E-state index contributed by atoms with van der Waals surface area (Å²) >= 11 is 0. The number of urea groups is 1. The van der Waals surface area contributed by atoms with Crippen molar-refractivity contribution in [2.45, 2.75) is 225 Å². The van der Waals surface area contributed by atoms with Crippen LogP contribution in [-0.2, 0) is 55.4 Å². The van der Waals surface area contributed by atoms with Crippen molar-refractivity contribution in [3.05, 3.63) is 104 Å². The Morgan fingerprint density at radius 3 is 1.89 bits per heavy atom. The lowest BCUT2D eigenvalue weighted by Gasteiger charge is -2.44. The van der Waals surface area contributed by atoms with Crippen molar-refractivity contribution in [2.75, 3.05) is 26.7 Å². The molecule has 0 spiro atoms. The third-order valence-electron chi connectivity index (χ3n) is 16.7. The second-order valence-electron chi connectivity index (χ2n) is 28.1. The van der Waals surface area contributed by atoms with Crippen molar-refractivity contribution in [3.63, 3.8) is 0 Å². The largest absolute Gasteiger partial charge is 0.497 e. The summed E-state index contributed by atoms with van der Waals surface area (Å²) in [5.41, 5.74) is 6.46. The Balaban J connectivity index is 1.66. The molecule has 2 heterocycles. The molecule has 1 saturated heterocycles. The van der Waals surface area contributed by atoms with Gasteiger partial charge in [-0.15, -0.1) is 0 Å². The molecular formula is C63H104N11O17Si2+. The number of nitrogens with two attached hydrogens (primary N) is 1. The lowest BCUT2D eigenvalue weighted by molar-refractivity contribution is -0.822. The predicted octanol–water partition coefficient (Wildman–Crippen LogP) is 4.62. The number of aliphatic hydroxyl groups is 2. The summed E-state index contributed by atoms with van der Waals surface area (Å²) in [4.78, 5) is 113. The van der Waals surface area contributed by atoms with Gasteiger partial charge in [0.2, 0.25) is 11.8 Å². The summed E-state index contributed by atoms with van der Waals surface area (Å²) in [6, 6.07) is 10.4. The molecule has 4 amide bonds. The van der Waals surface area contributed by atoms with Crippen molar-refractivity contribution < 1.29 is 72.2 Å². The number of carbonyl (C=O) groups is 5. The number of rotatable bonds is 32. The normalized spacial score (nSPS) is 18.5. The predicted molar refractivity (Wildman–Crippen MR) is 354 cm³/mol. The molecular weight excluding hydrogens is 1240 g/mol. The molecule has 30 heteroatoms. The minimum absolute atomic E-state index is 0.0405. The van der Waals surface area contributed by atoms with Gasteiger partial charge in [-0.1, -0.05) is 112 Å². The summed E-state index contributed by atoms with van der Waals surface area (Å²) in [5, 5.41) is 45.5. The Morgan fingerprint density at radius 1 is 0.742 bits per heavy atom. The monoisotopic (exact) mass is 1340 g/mol. The first-order valence-corrected chi connectivity index (χ1v) is 37.3. The van der Waals surface area contributed by atoms with Gasteiger partial charge in [0.1, 0.15) is 71.4 Å². The highest BCUT2D eigenvalue weighted by Gasteiger charge is 2.58. The quantitative estimate of drug-likeness (QED) is 0.0102. The molecule has 93 heavy (non-hydrogen) atoms. The number of aliphatic imine (C=N–C) groups is 1. The fraction of sp³-hybridized carbons (Fsp3) is 0.651. The van der Waals surface area contributed by atoms with Crippen LogP contribution in [0.3, 0.4) is 0 Å². The number of guanidine groups is 1. The smallest absolute Gasteiger partial charge is 0.362 e. The molecule has 1 aliphatic heterocycles. The van der Waals surface area contributed by atoms with Crippen LogP contribution in [0.4, 0.5) is 4.79 Å². The summed E-state index contributed by atoms with van der Waals surface area (Å²) in [7, 11) is -4.19. The van der Waals surface area contributed by atoms with Crippen LogP contribution in [-0.4, -0.2) is 169 Å². The van der Waals surface area contributed by atoms with Crippen molar-refractivity contribution >= 4 is 52.4 Å². The van der Waals surface area contributed by atoms with E-state index in [2.05, 4.69) is 52.3 Å². The van der Waals surface area contributed by atoms with E-state index in [0.717, 1.165) is 4.57 Å².